The first-order valence-electron chi connectivity index (χ1n) is 6.93. The molecule has 2 heterocycles. The highest BCUT2D eigenvalue weighted by molar-refractivity contribution is 5.44. The highest BCUT2D eigenvalue weighted by atomic mass is 16.3. The molecule has 0 amide bonds. The lowest BCUT2D eigenvalue weighted by Gasteiger charge is -2.20. The Morgan fingerprint density at radius 3 is 2.55 bits per heavy atom. The lowest BCUT2D eigenvalue weighted by molar-refractivity contribution is 0.226. The van der Waals surface area contributed by atoms with Gasteiger partial charge in [-0.25, -0.2) is 0 Å². The summed E-state index contributed by atoms with van der Waals surface area (Å²) in [6.45, 7) is 10.4. The second-order valence-corrected chi connectivity index (χ2v) is 6.36. The van der Waals surface area contributed by atoms with E-state index in [1.54, 1.807) is 4.52 Å². The first-order chi connectivity index (χ1) is 9.32. The number of nitrogens with one attached hydrogen (secondary N) is 1. The number of anilines is 1. The van der Waals surface area contributed by atoms with Crippen LogP contribution in [0.1, 0.15) is 40.4 Å². The van der Waals surface area contributed by atoms with Gasteiger partial charge in [0.05, 0.1) is 0 Å². The van der Waals surface area contributed by atoms with E-state index in [1.807, 2.05) is 26.0 Å². The molecule has 2 aromatic heterocycles. The van der Waals surface area contributed by atoms with Crippen LogP contribution in [-0.2, 0) is 5.41 Å². The van der Waals surface area contributed by atoms with Crippen LogP contribution in [0.2, 0.25) is 0 Å². The molecule has 0 fully saturated rings. The van der Waals surface area contributed by atoms with Crippen LogP contribution in [0.15, 0.2) is 12.1 Å². The van der Waals surface area contributed by atoms with Gasteiger partial charge in [-0.15, -0.1) is 15.3 Å². The van der Waals surface area contributed by atoms with Crippen molar-refractivity contribution in [1.82, 2.24) is 19.8 Å². The Kier molecular flexibility index (Phi) is 3.94. The SMILES string of the molecule is CC(CO)C(C)Nc1ccc2nnc(C(C)(C)C)n2n1. The van der Waals surface area contributed by atoms with Crippen LogP contribution in [0.3, 0.4) is 0 Å². The number of rotatable bonds is 4. The zero-order chi connectivity index (χ0) is 14.9. The Morgan fingerprint density at radius 1 is 1.25 bits per heavy atom. The lowest BCUT2D eigenvalue weighted by Crippen LogP contribution is -2.27. The molecule has 0 aromatic carbocycles. The molecule has 0 saturated heterocycles. The lowest BCUT2D eigenvalue weighted by atomic mass is 9.96. The van der Waals surface area contributed by atoms with Gasteiger partial charge in [-0.05, 0) is 25.0 Å². The van der Waals surface area contributed by atoms with E-state index in [0.29, 0.717) is 0 Å². The minimum absolute atomic E-state index is 0.116. The number of aromatic nitrogens is 4. The van der Waals surface area contributed by atoms with Gasteiger partial charge in [0, 0.05) is 18.1 Å². The van der Waals surface area contributed by atoms with Gasteiger partial charge in [0.15, 0.2) is 11.5 Å². The van der Waals surface area contributed by atoms with Gasteiger partial charge in [-0.1, -0.05) is 27.7 Å². The molecule has 20 heavy (non-hydrogen) atoms. The third-order valence-electron chi connectivity index (χ3n) is 3.45. The fourth-order valence-electron chi connectivity index (χ4n) is 1.87. The molecule has 6 heteroatoms. The van der Waals surface area contributed by atoms with Crippen LogP contribution >= 0.6 is 0 Å². The van der Waals surface area contributed by atoms with Crippen molar-refractivity contribution in [2.45, 2.75) is 46.1 Å². The third-order valence-corrected chi connectivity index (χ3v) is 3.45. The van der Waals surface area contributed by atoms with Crippen LogP contribution in [0.25, 0.3) is 5.65 Å². The Bertz CT molecular complexity index is 587. The smallest absolute Gasteiger partial charge is 0.178 e. The van der Waals surface area contributed by atoms with Gasteiger partial charge in [0.2, 0.25) is 0 Å². The molecule has 0 aliphatic carbocycles. The Hall–Kier alpha value is -1.69. The Labute approximate surface area is 119 Å². The zero-order valence-electron chi connectivity index (χ0n) is 12.8. The summed E-state index contributed by atoms with van der Waals surface area (Å²) in [6.07, 6.45) is 0. The van der Waals surface area contributed by atoms with Crippen molar-refractivity contribution in [1.29, 1.82) is 0 Å². The van der Waals surface area contributed by atoms with Crippen molar-refractivity contribution >= 4 is 11.5 Å². The average molecular weight is 277 g/mol. The molecule has 0 radical (unpaired) electrons. The molecular formula is C14H23N5O. The first-order valence-corrected chi connectivity index (χ1v) is 6.93. The first kappa shape index (κ1) is 14.7. The van der Waals surface area contributed by atoms with Crippen molar-refractivity contribution in [3.05, 3.63) is 18.0 Å². The summed E-state index contributed by atoms with van der Waals surface area (Å²) in [4.78, 5) is 0. The van der Waals surface area contributed by atoms with E-state index < -0.39 is 0 Å². The molecule has 0 bridgehead atoms. The Balaban J connectivity index is 2.33. The normalized spacial score (nSPS) is 15.3. The highest BCUT2D eigenvalue weighted by Gasteiger charge is 2.22. The van der Waals surface area contributed by atoms with E-state index in [1.165, 1.54) is 0 Å². The van der Waals surface area contributed by atoms with Crippen LogP contribution in [0, 0.1) is 5.92 Å². The van der Waals surface area contributed by atoms with E-state index in [2.05, 4.69) is 41.4 Å². The van der Waals surface area contributed by atoms with E-state index in [-0.39, 0.29) is 24.0 Å². The summed E-state index contributed by atoms with van der Waals surface area (Å²) in [6, 6.07) is 3.92. The number of hydrogen-bond acceptors (Lipinski definition) is 5. The van der Waals surface area contributed by atoms with Crippen LogP contribution < -0.4 is 5.32 Å². The summed E-state index contributed by atoms with van der Waals surface area (Å²) >= 11 is 0. The molecule has 6 nitrogen and oxygen atoms in total. The third kappa shape index (κ3) is 2.90. The molecule has 0 aliphatic heterocycles. The summed E-state index contributed by atoms with van der Waals surface area (Å²) in [5, 5.41) is 25.4. The van der Waals surface area contributed by atoms with Gasteiger partial charge in [0.1, 0.15) is 5.82 Å². The molecule has 2 rings (SSSR count). The topological polar surface area (TPSA) is 75.3 Å². The average Bonchev–Trinajstić information content (AvgIpc) is 2.80. The van der Waals surface area contributed by atoms with Gasteiger partial charge in [-0.3, -0.25) is 0 Å². The van der Waals surface area contributed by atoms with Crippen molar-refractivity contribution in [3.63, 3.8) is 0 Å². The van der Waals surface area contributed by atoms with Crippen LogP contribution in [0.4, 0.5) is 5.82 Å². The molecule has 2 N–H and O–H groups in total. The van der Waals surface area contributed by atoms with Crippen molar-refractivity contribution in [2.24, 2.45) is 5.92 Å². The predicted molar refractivity (Wildman–Crippen MR) is 78.8 cm³/mol. The van der Waals surface area contributed by atoms with Crippen molar-refractivity contribution in [2.75, 3.05) is 11.9 Å². The molecule has 2 unspecified atom stereocenters. The molecule has 0 aliphatic rings. The number of fused-ring (bicyclic) bond motifs is 1. The van der Waals surface area contributed by atoms with Gasteiger partial charge >= 0.3 is 0 Å². The van der Waals surface area contributed by atoms with Crippen LogP contribution in [-0.4, -0.2) is 37.6 Å². The molecule has 2 atom stereocenters. The van der Waals surface area contributed by atoms with Gasteiger partial charge in [-0.2, -0.15) is 4.52 Å². The standard InChI is InChI=1S/C14H23N5O/c1-9(8-20)10(2)15-11-6-7-12-16-17-13(14(3,4)5)19(12)18-11/h6-7,9-10,20H,8H2,1-5H3,(H,15,18). The maximum Gasteiger partial charge on any atom is 0.178 e. The van der Waals surface area contributed by atoms with Crippen LogP contribution in [0.5, 0.6) is 0 Å². The summed E-state index contributed by atoms with van der Waals surface area (Å²) in [5.41, 5.74) is 0.623. The van der Waals surface area contributed by atoms with E-state index >= 15 is 0 Å². The van der Waals surface area contributed by atoms with Gasteiger partial charge < -0.3 is 10.4 Å². The van der Waals surface area contributed by atoms with E-state index in [9.17, 15) is 5.11 Å². The van der Waals surface area contributed by atoms with E-state index in [4.69, 9.17) is 0 Å². The molecule has 110 valence electrons. The summed E-state index contributed by atoms with van der Waals surface area (Å²) < 4.78 is 1.78. The summed E-state index contributed by atoms with van der Waals surface area (Å²) in [5.74, 6) is 1.75. The number of aliphatic hydroxyl groups is 1. The number of nitrogens with zero attached hydrogens (tertiary/aromatic N) is 4. The molecule has 0 saturated carbocycles. The maximum atomic E-state index is 9.19. The molecule has 2 aromatic rings. The highest BCUT2D eigenvalue weighted by Crippen LogP contribution is 2.21. The zero-order valence-corrected chi connectivity index (χ0v) is 12.8. The minimum Gasteiger partial charge on any atom is -0.396 e. The van der Waals surface area contributed by atoms with E-state index in [0.717, 1.165) is 17.3 Å². The largest absolute Gasteiger partial charge is 0.396 e. The number of hydrogen-bond donors (Lipinski definition) is 2. The monoisotopic (exact) mass is 277 g/mol. The Morgan fingerprint density at radius 2 is 1.95 bits per heavy atom. The fraction of sp³-hybridized carbons (Fsp3) is 0.643. The second kappa shape index (κ2) is 5.36. The maximum absolute atomic E-state index is 9.19. The predicted octanol–water partition coefficient (Wildman–Crippen LogP) is 1.85. The molecular weight excluding hydrogens is 254 g/mol. The fourth-order valence-corrected chi connectivity index (χ4v) is 1.87. The van der Waals surface area contributed by atoms with Crippen molar-refractivity contribution in [3.8, 4) is 0 Å². The summed E-state index contributed by atoms with van der Waals surface area (Å²) in [7, 11) is 0. The quantitative estimate of drug-likeness (QED) is 0.892. The van der Waals surface area contributed by atoms with Gasteiger partial charge in [0.25, 0.3) is 0 Å². The minimum atomic E-state index is -0.116. The molecule has 0 spiro atoms. The second-order valence-electron chi connectivity index (χ2n) is 6.36. The number of aliphatic hydroxyl groups excluding tert-OH is 1. The van der Waals surface area contributed by atoms with Crippen molar-refractivity contribution < 1.29 is 5.11 Å².